The third-order valence-corrected chi connectivity index (χ3v) is 4.03. The molecule has 0 amide bonds. The average molecular weight is 318 g/mol. The maximum atomic E-state index is 11.0. The van der Waals surface area contributed by atoms with Gasteiger partial charge in [-0.2, -0.15) is 9.97 Å². The Bertz CT molecular complexity index is 816. The van der Waals surface area contributed by atoms with Crippen LogP contribution >= 0.6 is 11.3 Å². The molecular formula is C14H14N4O3S. The third-order valence-electron chi connectivity index (χ3n) is 3.08. The molecule has 0 aliphatic heterocycles. The van der Waals surface area contributed by atoms with Gasteiger partial charge in [0.25, 0.3) is 0 Å². The second-order valence-corrected chi connectivity index (χ2v) is 5.86. The molecule has 0 aliphatic carbocycles. The molecule has 0 radical (unpaired) electrons. The first-order chi connectivity index (χ1) is 10.7. The number of H-pyrrole nitrogens is 1. The summed E-state index contributed by atoms with van der Waals surface area (Å²) in [4.78, 5) is 23.3. The van der Waals surface area contributed by atoms with Gasteiger partial charge in [0, 0.05) is 18.7 Å². The van der Waals surface area contributed by atoms with Gasteiger partial charge in [0.15, 0.2) is 5.01 Å². The highest BCUT2D eigenvalue weighted by Crippen LogP contribution is 2.29. The number of aromatic amines is 1. The largest absolute Gasteiger partial charge is 0.480 e. The second kappa shape index (κ2) is 6.10. The standard InChI is InChI=1S/C14H14N4O3S/c1-8-13(20-2)17-14(22-8)12-16-11(21-18-12)6-4-9-3-5-10(19)15-7-9/h3,5,7H,4,6H2,1-2H3,(H,15,19). The van der Waals surface area contributed by atoms with Crippen LogP contribution in [-0.2, 0) is 12.8 Å². The lowest BCUT2D eigenvalue weighted by molar-refractivity contribution is 0.378. The number of pyridine rings is 1. The predicted octanol–water partition coefficient (Wildman–Crippen LogP) is 1.98. The number of hydrogen-bond acceptors (Lipinski definition) is 7. The fourth-order valence-electron chi connectivity index (χ4n) is 1.96. The lowest BCUT2D eigenvalue weighted by atomic mass is 10.1. The fourth-order valence-corrected chi connectivity index (χ4v) is 2.77. The Kier molecular flexibility index (Phi) is 4.01. The van der Waals surface area contributed by atoms with Crippen LogP contribution < -0.4 is 10.3 Å². The van der Waals surface area contributed by atoms with E-state index in [-0.39, 0.29) is 5.56 Å². The van der Waals surface area contributed by atoms with Gasteiger partial charge in [-0.15, -0.1) is 11.3 Å². The lowest BCUT2D eigenvalue weighted by Gasteiger charge is -1.96. The van der Waals surface area contributed by atoms with Crippen molar-refractivity contribution in [2.75, 3.05) is 7.11 Å². The quantitative estimate of drug-likeness (QED) is 0.773. The van der Waals surface area contributed by atoms with E-state index >= 15 is 0 Å². The first kappa shape index (κ1) is 14.5. The number of hydrogen-bond donors (Lipinski definition) is 1. The molecule has 0 aromatic carbocycles. The summed E-state index contributed by atoms with van der Waals surface area (Å²) in [5, 5.41) is 4.62. The van der Waals surface area contributed by atoms with Crippen LogP contribution in [-0.4, -0.2) is 27.2 Å². The number of ether oxygens (including phenoxy) is 1. The number of nitrogens with zero attached hydrogens (tertiary/aromatic N) is 3. The van der Waals surface area contributed by atoms with Crippen molar-refractivity contribution in [2.45, 2.75) is 19.8 Å². The number of methoxy groups -OCH3 is 1. The van der Waals surface area contributed by atoms with E-state index in [9.17, 15) is 4.79 Å². The van der Waals surface area contributed by atoms with Gasteiger partial charge in [0.05, 0.1) is 12.0 Å². The number of nitrogens with one attached hydrogen (secondary N) is 1. The van der Waals surface area contributed by atoms with Crippen LogP contribution in [0.1, 0.15) is 16.3 Å². The van der Waals surface area contributed by atoms with E-state index in [2.05, 4.69) is 20.1 Å². The molecule has 1 N–H and O–H groups in total. The Morgan fingerprint density at radius 2 is 2.18 bits per heavy atom. The number of aromatic nitrogens is 4. The van der Waals surface area contributed by atoms with Crippen LogP contribution in [0.2, 0.25) is 0 Å². The molecule has 3 heterocycles. The zero-order valence-electron chi connectivity index (χ0n) is 12.1. The van der Waals surface area contributed by atoms with E-state index in [4.69, 9.17) is 9.26 Å². The monoisotopic (exact) mass is 318 g/mol. The number of rotatable bonds is 5. The van der Waals surface area contributed by atoms with Crippen LogP contribution in [0.15, 0.2) is 27.6 Å². The Balaban J connectivity index is 1.70. The van der Waals surface area contributed by atoms with Gasteiger partial charge < -0.3 is 14.2 Å². The zero-order valence-corrected chi connectivity index (χ0v) is 12.9. The minimum absolute atomic E-state index is 0.114. The molecule has 0 spiro atoms. The molecule has 8 heteroatoms. The molecule has 0 saturated carbocycles. The van der Waals surface area contributed by atoms with Crippen molar-refractivity contribution in [2.24, 2.45) is 0 Å². The third kappa shape index (κ3) is 3.06. The lowest BCUT2D eigenvalue weighted by Crippen LogP contribution is -2.03. The smallest absolute Gasteiger partial charge is 0.247 e. The fraction of sp³-hybridized carbons (Fsp3) is 0.286. The molecular weight excluding hydrogens is 304 g/mol. The van der Waals surface area contributed by atoms with Crippen LogP contribution in [0.25, 0.3) is 10.8 Å². The summed E-state index contributed by atoms with van der Waals surface area (Å²) in [5.74, 6) is 1.58. The van der Waals surface area contributed by atoms with Gasteiger partial charge in [-0.1, -0.05) is 11.2 Å². The number of aryl methyl sites for hydroxylation is 3. The Morgan fingerprint density at radius 1 is 1.32 bits per heavy atom. The highest BCUT2D eigenvalue weighted by molar-refractivity contribution is 7.15. The maximum absolute atomic E-state index is 11.0. The van der Waals surface area contributed by atoms with Crippen molar-refractivity contribution >= 4 is 11.3 Å². The van der Waals surface area contributed by atoms with Gasteiger partial charge in [-0.3, -0.25) is 4.79 Å². The van der Waals surface area contributed by atoms with Crippen LogP contribution in [0.5, 0.6) is 5.88 Å². The zero-order chi connectivity index (χ0) is 15.5. The number of thiazole rings is 1. The minimum Gasteiger partial charge on any atom is -0.480 e. The summed E-state index contributed by atoms with van der Waals surface area (Å²) in [6.45, 7) is 1.93. The second-order valence-electron chi connectivity index (χ2n) is 4.66. The molecule has 0 fully saturated rings. The summed E-state index contributed by atoms with van der Waals surface area (Å²) in [5.41, 5.74) is 0.892. The van der Waals surface area contributed by atoms with Crippen molar-refractivity contribution in [3.63, 3.8) is 0 Å². The van der Waals surface area contributed by atoms with Crippen LogP contribution in [0, 0.1) is 6.92 Å². The summed E-state index contributed by atoms with van der Waals surface area (Å²) >= 11 is 1.46. The van der Waals surface area contributed by atoms with E-state index in [1.807, 2.05) is 6.92 Å². The van der Waals surface area contributed by atoms with Crippen molar-refractivity contribution in [1.29, 1.82) is 0 Å². The Morgan fingerprint density at radius 3 is 2.86 bits per heavy atom. The Labute approximate surface area is 130 Å². The molecule has 0 unspecified atom stereocenters. The van der Waals surface area contributed by atoms with E-state index in [0.717, 1.165) is 10.4 Å². The molecule has 0 aliphatic rings. The molecule has 0 bridgehead atoms. The molecule has 7 nitrogen and oxygen atoms in total. The normalized spacial score (nSPS) is 10.8. The molecule has 3 aromatic rings. The summed E-state index contributed by atoms with van der Waals surface area (Å²) in [6.07, 6.45) is 2.99. The molecule has 0 atom stereocenters. The van der Waals surface area contributed by atoms with E-state index in [0.29, 0.717) is 35.4 Å². The van der Waals surface area contributed by atoms with Gasteiger partial charge in [0.2, 0.25) is 23.2 Å². The first-order valence-corrected chi connectivity index (χ1v) is 7.49. The van der Waals surface area contributed by atoms with Gasteiger partial charge in [0.1, 0.15) is 0 Å². The van der Waals surface area contributed by atoms with E-state index < -0.39 is 0 Å². The van der Waals surface area contributed by atoms with E-state index in [1.54, 1.807) is 19.4 Å². The van der Waals surface area contributed by atoms with Crippen molar-refractivity contribution in [3.05, 3.63) is 45.0 Å². The van der Waals surface area contributed by atoms with Crippen molar-refractivity contribution in [1.82, 2.24) is 20.1 Å². The first-order valence-electron chi connectivity index (χ1n) is 6.67. The van der Waals surface area contributed by atoms with Gasteiger partial charge in [-0.05, 0) is 18.9 Å². The van der Waals surface area contributed by atoms with Gasteiger partial charge in [-0.25, -0.2) is 0 Å². The highest BCUT2D eigenvalue weighted by Gasteiger charge is 2.15. The molecule has 22 heavy (non-hydrogen) atoms. The predicted molar refractivity (Wildman–Crippen MR) is 81.2 cm³/mol. The molecule has 3 aromatic heterocycles. The average Bonchev–Trinajstić information content (AvgIpc) is 3.13. The summed E-state index contributed by atoms with van der Waals surface area (Å²) in [6, 6.07) is 3.28. The Hall–Kier alpha value is -2.48. The summed E-state index contributed by atoms with van der Waals surface area (Å²) in [7, 11) is 1.58. The van der Waals surface area contributed by atoms with Crippen LogP contribution in [0.3, 0.4) is 0 Å². The van der Waals surface area contributed by atoms with Crippen molar-refractivity contribution < 1.29 is 9.26 Å². The van der Waals surface area contributed by atoms with E-state index in [1.165, 1.54) is 17.4 Å². The summed E-state index contributed by atoms with van der Waals surface area (Å²) < 4.78 is 10.4. The SMILES string of the molecule is COc1nc(-c2noc(CCc3ccc(=O)[nH]c3)n2)sc1C. The molecule has 114 valence electrons. The molecule has 0 saturated heterocycles. The topological polar surface area (TPSA) is 93.9 Å². The highest BCUT2D eigenvalue weighted by atomic mass is 32.1. The molecule has 3 rings (SSSR count). The maximum Gasteiger partial charge on any atom is 0.247 e. The van der Waals surface area contributed by atoms with Crippen LogP contribution in [0.4, 0.5) is 0 Å². The van der Waals surface area contributed by atoms with Crippen molar-refractivity contribution in [3.8, 4) is 16.7 Å². The van der Waals surface area contributed by atoms with Gasteiger partial charge >= 0.3 is 0 Å². The minimum atomic E-state index is -0.114.